The van der Waals surface area contributed by atoms with E-state index in [2.05, 4.69) is 0 Å². The van der Waals surface area contributed by atoms with E-state index in [1.54, 1.807) is 0 Å². The Morgan fingerprint density at radius 2 is 1.64 bits per heavy atom. The number of nitrogens with two attached hydrogens (primary N) is 1. The van der Waals surface area contributed by atoms with E-state index in [9.17, 15) is 30.8 Å². The van der Waals surface area contributed by atoms with E-state index in [0.29, 0.717) is 50.6 Å². The van der Waals surface area contributed by atoms with Crippen LogP contribution in [0.15, 0.2) is 41.1 Å². The average molecular weight is 492 g/mol. The highest BCUT2D eigenvalue weighted by atomic mass is 32.2. The van der Waals surface area contributed by atoms with E-state index >= 15 is 0 Å². The van der Waals surface area contributed by atoms with Gasteiger partial charge in [-0.3, -0.25) is 4.79 Å². The van der Waals surface area contributed by atoms with Crippen LogP contribution in [-0.4, -0.2) is 39.3 Å². The normalized spacial score (nSPS) is 25.8. The van der Waals surface area contributed by atoms with Crippen LogP contribution in [0.3, 0.4) is 0 Å². The monoisotopic (exact) mass is 491 g/mol. The van der Waals surface area contributed by atoms with E-state index in [-0.39, 0.29) is 35.2 Å². The number of benzene rings is 1. The van der Waals surface area contributed by atoms with Crippen LogP contribution in [0.5, 0.6) is 5.75 Å². The van der Waals surface area contributed by atoms with Gasteiger partial charge in [-0.25, -0.2) is 12.8 Å². The Labute approximate surface area is 191 Å². The molecule has 0 amide bonds. The van der Waals surface area contributed by atoms with Gasteiger partial charge in [0.05, 0.1) is 23.4 Å². The Bertz CT molecular complexity index is 962. The number of rotatable bonds is 10. The summed E-state index contributed by atoms with van der Waals surface area (Å²) in [5.74, 6) is -0.0149. The van der Waals surface area contributed by atoms with Crippen LogP contribution in [0.2, 0.25) is 0 Å². The van der Waals surface area contributed by atoms with Gasteiger partial charge in [0.2, 0.25) is 0 Å². The molecule has 3 aliphatic rings. The van der Waals surface area contributed by atoms with Crippen LogP contribution in [0.1, 0.15) is 51.4 Å². The van der Waals surface area contributed by atoms with Crippen LogP contribution in [0, 0.1) is 10.8 Å². The van der Waals surface area contributed by atoms with Gasteiger partial charge in [0.1, 0.15) is 18.1 Å². The molecule has 0 atom stereocenters. The molecule has 3 fully saturated rings. The van der Waals surface area contributed by atoms with Crippen LogP contribution >= 0.6 is 0 Å². The van der Waals surface area contributed by atoms with Gasteiger partial charge in [-0.15, -0.1) is 0 Å². The highest BCUT2D eigenvalue weighted by Gasteiger charge is 2.53. The first kappa shape index (κ1) is 25.7. The molecule has 0 aliphatic heterocycles. The topological polar surface area (TPSA) is 86.5 Å². The first-order chi connectivity index (χ1) is 15.4. The lowest BCUT2D eigenvalue weighted by molar-refractivity contribution is -0.152. The van der Waals surface area contributed by atoms with Crippen molar-refractivity contribution >= 4 is 15.6 Å². The number of alkyl halides is 3. The lowest BCUT2D eigenvalue weighted by Gasteiger charge is -2.52. The summed E-state index contributed by atoms with van der Waals surface area (Å²) in [6.07, 6.45) is -2.71. The molecule has 33 heavy (non-hydrogen) atoms. The number of Topliss-reactive ketones (excluding diaryl/α,β-unsaturated/α-hetero) is 1. The number of carbonyl (C=O) groups is 1. The molecule has 1 aromatic rings. The predicted octanol–water partition coefficient (Wildman–Crippen LogP) is 4.90. The second-order valence-electron chi connectivity index (χ2n) is 9.31. The molecule has 0 radical (unpaired) electrons. The molecule has 3 saturated carbocycles. The highest BCUT2D eigenvalue weighted by molar-refractivity contribution is 7.91. The maximum Gasteiger partial charge on any atom is 0.389 e. The first-order valence-electron chi connectivity index (χ1n) is 11.0. The van der Waals surface area contributed by atoms with E-state index in [0.717, 1.165) is 0 Å². The summed E-state index contributed by atoms with van der Waals surface area (Å²) < 4.78 is 81.7. The second-order valence-corrected chi connectivity index (χ2v) is 11.3. The number of carbonyl (C=O) groups excluding carboxylic acids is 1. The average Bonchev–Trinajstić information content (AvgIpc) is 2.78. The summed E-state index contributed by atoms with van der Waals surface area (Å²) in [6.45, 7) is -0.0219. The van der Waals surface area contributed by atoms with Crippen molar-refractivity contribution in [1.29, 1.82) is 0 Å². The maximum atomic E-state index is 13.1. The van der Waals surface area contributed by atoms with Crippen molar-refractivity contribution in [3.05, 3.63) is 36.2 Å². The van der Waals surface area contributed by atoms with Crippen molar-refractivity contribution in [3.8, 4) is 5.75 Å². The van der Waals surface area contributed by atoms with Gasteiger partial charge in [0.15, 0.2) is 9.84 Å². The third kappa shape index (κ3) is 6.15. The number of hydrogen-bond donors (Lipinski definition) is 1. The summed E-state index contributed by atoms with van der Waals surface area (Å²) in [4.78, 5) is 12.7. The molecule has 2 N–H and O–H groups in total. The molecule has 0 saturated heterocycles. The van der Waals surface area contributed by atoms with E-state index in [1.807, 2.05) is 0 Å². The zero-order valence-corrected chi connectivity index (χ0v) is 19.1. The van der Waals surface area contributed by atoms with Gasteiger partial charge >= 0.3 is 6.18 Å². The number of ketones is 1. The lowest BCUT2D eigenvalue weighted by atomic mass is 9.53. The minimum atomic E-state index is -4.36. The van der Waals surface area contributed by atoms with Crippen LogP contribution in [-0.2, 0) is 14.6 Å². The number of sulfone groups is 1. The fourth-order valence-corrected chi connectivity index (χ4v) is 6.92. The molecular weight excluding hydrogens is 462 g/mol. The molecule has 0 unspecified atom stereocenters. The first-order valence-corrected chi connectivity index (χ1v) is 12.6. The summed E-state index contributed by atoms with van der Waals surface area (Å²) in [7, 11) is -3.61. The van der Waals surface area contributed by atoms with E-state index in [1.165, 1.54) is 24.3 Å². The summed E-state index contributed by atoms with van der Waals surface area (Å²) in [5, 5.41) is 0. The number of ether oxygens (including phenoxy) is 1. The Hall–Kier alpha value is -1.94. The molecule has 184 valence electrons. The molecule has 10 heteroatoms. The minimum Gasteiger partial charge on any atom is -0.489 e. The SMILES string of the molecule is NC/C(=C\F)COc1ccc(S(=O)(=O)CC23CCC(C(=O)CCC(F)(F)F)(CC2)CC3)cc1. The molecule has 1 aromatic carbocycles. The van der Waals surface area contributed by atoms with E-state index < -0.39 is 39.7 Å². The standard InChI is InChI=1S/C23H29F4NO4S/c24-13-17(14-28)15-32-18-1-3-19(4-2-18)33(30,31)16-21-7-10-22(11-8-21,12-9-21)20(29)5-6-23(25,26)27/h1-4,13H,5-12,14-16,28H2/b17-13+. The van der Waals surface area contributed by atoms with E-state index in [4.69, 9.17) is 10.5 Å². The van der Waals surface area contributed by atoms with Crippen molar-refractivity contribution in [2.75, 3.05) is 18.9 Å². The molecule has 0 heterocycles. The molecule has 0 aromatic heterocycles. The third-order valence-corrected chi connectivity index (χ3v) is 9.13. The highest BCUT2D eigenvalue weighted by Crippen LogP contribution is 2.58. The predicted molar refractivity (Wildman–Crippen MR) is 115 cm³/mol. The third-order valence-electron chi connectivity index (χ3n) is 7.15. The van der Waals surface area contributed by atoms with Crippen molar-refractivity contribution in [2.45, 2.75) is 62.4 Å². The second kappa shape index (κ2) is 9.74. The summed E-state index contributed by atoms with van der Waals surface area (Å²) in [6, 6.07) is 5.89. The van der Waals surface area contributed by atoms with Crippen molar-refractivity contribution in [3.63, 3.8) is 0 Å². The molecule has 4 rings (SSSR count). The molecule has 2 bridgehead atoms. The smallest absolute Gasteiger partial charge is 0.389 e. The lowest BCUT2D eigenvalue weighted by Crippen LogP contribution is -2.48. The van der Waals surface area contributed by atoms with Crippen molar-refractivity contribution < 1.29 is 35.5 Å². The molecular formula is C23H29F4NO4S. The number of halogens is 4. The van der Waals surface area contributed by atoms with Gasteiger partial charge in [-0.1, -0.05) is 0 Å². The fourth-order valence-electron chi connectivity index (χ4n) is 4.96. The van der Waals surface area contributed by atoms with Gasteiger partial charge in [0, 0.05) is 24.0 Å². The molecule has 0 spiro atoms. The van der Waals surface area contributed by atoms with Crippen molar-refractivity contribution in [2.24, 2.45) is 16.6 Å². The Morgan fingerprint density at radius 1 is 1.06 bits per heavy atom. The minimum absolute atomic E-state index is 0.0141. The summed E-state index contributed by atoms with van der Waals surface area (Å²) >= 11 is 0. The zero-order valence-electron chi connectivity index (χ0n) is 18.3. The molecule has 5 nitrogen and oxygen atoms in total. The summed E-state index contributed by atoms with van der Waals surface area (Å²) in [5.41, 5.74) is 4.46. The van der Waals surface area contributed by atoms with Gasteiger partial charge in [-0.2, -0.15) is 13.2 Å². The van der Waals surface area contributed by atoms with Gasteiger partial charge < -0.3 is 10.5 Å². The zero-order chi connectivity index (χ0) is 24.3. The van der Waals surface area contributed by atoms with Gasteiger partial charge in [-0.05, 0) is 68.2 Å². The Kier molecular flexibility index (Phi) is 7.58. The van der Waals surface area contributed by atoms with Gasteiger partial charge in [0.25, 0.3) is 0 Å². The Balaban J connectivity index is 1.61. The largest absolute Gasteiger partial charge is 0.489 e. The van der Waals surface area contributed by atoms with Crippen LogP contribution in [0.4, 0.5) is 17.6 Å². The van der Waals surface area contributed by atoms with Crippen LogP contribution in [0.25, 0.3) is 0 Å². The molecule has 3 aliphatic carbocycles. The Morgan fingerprint density at radius 3 is 2.12 bits per heavy atom. The fraction of sp³-hybridized carbons (Fsp3) is 0.609. The van der Waals surface area contributed by atoms with Crippen LogP contribution < -0.4 is 10.5 Å². The maximum absolute atomic E-state index is 13.1. The quantitative estimate of drug-likeness (QED) is 0.471. The number of hydrogen-bond acceptors (Lipinski definition) is 5. The van der Waals surface area contributed by atoms with Crippen molar-refractivity contribution in [1.82, 2.24) is 0 Å². The number of fused-ring (bicyclic) bond motifs is 3.